The van der Waals surface area contributed by atoms with Gasteiger partial charge in [0.15, 0.2) is 0 Å². The molecule has 7 heteroatoms. The van der Waals surface area contributed by atoms with Crippen molar-refractivity contribution in [1.82, 2.24) is 20.3 Å². The maximum Gasteiger partial charge on any atom is 0.229 e. The molecule has 0 radical (unpaired) electrons. The van der Waals surface area contributed by atoms with Gasteiger partial charge >= 0.3 is 0 Å². The molecule has 3 unspecified atom stereocenters. The van der Waals surface area contributed by atoms with Gasteiger partial charge in [0.2, 0.25) is 17.8 Å². The molecule has 3 fully saturated rings. The molecule has 1 aromatic rings. The van der Waals surface area contributed by atoms with E-state index in [2.05, 4.69) is 30.9 Å². The highest BCUT2D eigenvalue weighted by Crippen LogP contribution is 2.45. The zero-order valence-corrected chi connectivity index (χ0v) is 12.2. The Balaban J connectivity index is 1.45. The van der Waals surface area contributed by atoms with Crippen molar-refractivity contribution in [2.24, 2.45) is 11.8 Å². The Morgan fingerprint density at radius 3 is 2.52 bits per heavy atom. The highest BCUT2D eigenvalue weighted by Gasteiger charge is 2.39. The van der Waals surface area contributed by atoms with Crippen molar-refractivity contribution in [3.8, 4) is 0 Å². The predicted octanol–water partition coefficient (Wildman–Crippen LogP) is 0.828. The van der Waals surface area contributed by atoms with Crippen LogP contribution in [-0.4, -0.2) is 40.1 Å². The third-order valence-corrected chi connectivity index (χ3v) is 5.10. The van der Waals surface area contributed by atoms with Gasteiger partial charge in [-0.3, -0.25) is 0 Å². The lowest BCUT2D eigenvalue weighted by Crippen LogP contribution is -2.28. The number of hydrogen-bond donors (Lipinski definition) is 4. The Morgan fingerprint density at radius 1 is 1.00 bits per heavy atom. The van der Waals surface area contributed by atoms with Crippen molar-refractivity contribution in [3.63, 3.8) is 0 Å². The molecule has 0 aromatic carbocycles. The summed E-state index contributed by atoms with van der Waals surface area (Å²) >= 11 is 0. The SMILES string of the molecule is Nc1nc(NC2CC3CCC2C3)nc(N[C@@H]2CCNC2)n1. The number of hydrogen-bond acceptors (Lipinski definition) is 7. The molecule has 5 N–H and O–H groups in total. The number of nitrogens with zero attached hydrogens (tertiary/aromatic N) is 3. The van der Waals surface area contributed by atoms with Gasteiger partial charge in [-0.05, 0) is 44.1 Å². The summed E-state index contributed by atoms with van der Waals surface area (Å²) in [5, 5.41) is 10.1. The minimum Gasteiger partial charge on any atom is -0.368 e. The predicted molar refractivity (Wildman–Crippen MR) is 82.0 cm³/mol. The van der Waals surface area contributed by atoms with E-state index in [1.165, 1.54) is 25.7 Å². The topological polar surface area (TPSA) is 101 Å². The van der Waals surface area contributed by atoms with Crippen molar-refractivity contribution < 1.29 is 0 Å². The lowest BCUT2D eigenvalue weighted by atomic mass is 9.95. The van der Waals surface area contributed by atoms with E-state index in [9.17, 15) is 0 Å². The Labute approximate surface area is 124 Å². The first-order chi connectivity index (χ1) is 10.3. The molecule has 4 atom stereocenters. The number of anilines is 3. The third kappa shape index (κ3) is 2.74. The molecule has 0 spiro atoms. The number of nitrogens with one attached hydrogen (secondary N) is 3. The highest BCUT2D eigenvalue weighted by atomic mass is 15.3. The smallest absolute Gasteiger partial charge is 0.229 e. The number of nitrogens with two attached hydrogens (primary N) is 1. The Hall–Kier alpha value is -1.63. The summed E-state index contributed by atoms with van der Waals surface area (Å²) in [4.78, 5) is 12.9. The van der Waals surface area contributed by atoms with Crippen LogP contribution in [0.15, 0.2) is 0 Å². The highest BCUT2D eigenvalue weighted by molar-refractivity contribution is 5.41. The van der Waals surface area contributed by atoms with Gasteiger partial charge in [0.1, 0.15) is 0 Å². The number of rotatable bonds is 4. The molecule has 0 amide bonds. The fourth-order valence-electron chi connectivity index (χ4n) is 4.07. The van der Waals surface area contributed by atoms with E-state index >= 15 is 0 Å². The van der Waals surface area contributed by atoms with E-state index < -0.39 is 0 Å². The van der Waals surface area contributed by atoms with E-state index in [1.807, 2.05) is 0 Å². The molecule has 2 aliphatic carbocycles. The van der Waals surface area contributed by atoms with Crippen LogP contribution in [-0.2, 0) is 0 Å². The van der Waals surface area contributed by atoms with E-state index in [-0.39, 0.29) is 5.95 Å². The number of fused-ring (bicyclic) bond motifs is 2. The summed E-state index contributed by atoms with van der Waals surface area (Å²) in [6.07, 6.45) is 6.41. The summed E-state index contributed by atoms with van der Waals surface area (Å²) in [6, 6.07) is 0.883. The van der Waals surface area contributed by atoms with Crippen molar-refractivity contribution in [3.05, 3.63) is 0 Å². The van der Waals surface area contributed by atoms with E-state index in [0.29, 0.717) is 24.0 Å². The lowest BCUT2D eigenvalue weighted by molar-refractivity contribution is 0.438. The second-order valence-electron chi connectivity index (χ2n) is 6.60. The molecule has 7 nitrogen and oxygen atoms in total. The first-order valence-corrected chi connectivity index (χ1v) is 8.01. The van der Waals surface area contributed by atoms with Crippen LogP contribution in [0.25, 0.3) is 0 Å². The van der Waals surface area contributed by atoms with Crippen molar-refractivity contribution in [2.45, 2.75) is 44.2 Å². The van der Waals surface area contributed by atoms with Crippen molar-refractivity contribution >= 4 is 17.8 Å². The number of nitrogen functional groups attached to an aromatic ring is 1. The zero-order chi connectivity index (χ0) is 14.2. The molecule has 1 aromatic heterocycles. The molecule has 21 heavy (non-hydrogen) atoms. The molecule has 1 aliphatic heterocycles. The molecule has 2 heterocycles. The summed E-state index contributed by atoms with van der Waals surface area (Å²) < 4.78 is 0. The standard InChI is InChI=1S/C14H23N7/c15-12-19-13(17-10-3-4-16-7-10)21-14(20-12)18-11-6-8-1-2-9(11)5-8/h8-11,16H,1-7H2,(H4,15,17,18,19,20,21)/t8?,9?,10-,11?/m1/s1. The molecule has 1 saturated heterocycles. The molecule has 2 bridgehead atoms. The summed E-state index contributed by atoms with van der Waals surface area (Å²) in [5.74, 6) is 3.16. The fraction of sp³-hybridized carbons (Fsp3) is 0.786. The second-order valence-corrected chi connectivity index (χ2v) is 6.60. The van der Waals surface area contributed by atoms with Crippen molar-refractivity contribution in [1.29, 1.82) is 0 Å². The van der Waals surface area contributed by atoms with E-state index in [4.69, 9.17) is 5.73 Å². The normalized spacial score (nSPS) is 34.3. The molecule has 2 saturated carbocycles. The Kier molecular flexibility index (Phi) is 3.29. The zero-order valence-electron chi connectivity index (χ0n) is 12.2. The summed E-state index contributed by atoms with van der Waals surface area (Å²) in [6.45, 7) is 1.98. The van der Waals surface area contributed by atoms with Gasteiger partial charge in [-0.2, -0.15) is 15.0 Å². The minimum atomic E-state index is 0.282. The monoisotopic (exact) mass is 289 g/mol. The largest absolute Gasteiger partial charge is 0.368 e. The molecule has 114 valence electrons. The Bertz CT molecular complexity index is 514. The van der Waals surface area contributed by atoms with Gasteiger partial charge in [-0.25, -0.2) is 0 Å². The number of aromatic nitrogens is 3. The average molecular weight is 289 g/mol. The molecule has 3 aliphatic rings. The molecular formula is C14H23N7. The van der Waals surface area contributed by atoms with E-state index in [1.54, 1.807) is 0 Å². The van der Waals surface area contributed by atoms with Crippen LogP contribution in [0.1, 0.15) is 32.1 Å². The molecule has 4 rings (SSSR count). The molecular weight excluding hydrogens is 266 g/mol. The van der Waals surface area contributed by atoms with Gasteiger partial charge in [-0.1, -0.05) is 6.42 Å². The van der Waals surface area contributed by atoms with Crippen LogP contribution in [0, 0.1) is 11.8 Å². The average Bonchev–Trinajstić information content (AvgIpc) is 3.15. The van der Waals surface area contributed by atoms with Crippen molar-refractivity contribution in [2.75, 3.05) is 29.5 Å². The third-order valence-electron chi connectivity index (χ3n) is 5.10. The fourth-order valence-corrected chi connectivity index (χ4v) is 4.07. The van der Waals surface area contributed by atoms with Crippen LogP contribution in [0.2, 0.25) is 0 Å². The van der Waals surface area contributed by atoms with Gasteiger partial charge in [0.25, 0.3) is 0 Å². The van der Waals surface area contributed by atoms with Gasteiger partial charge < -0.3 is 21.7 Å². The second kappa shape index (κ2) is 5.29. The van der Waals surface area contributed by atoms with Gasteiger partial charge in [-0.15, -0.1) is 0 Å². The summed E-state index contributed by atoms with van der Waals surface area (Å²) in [7, 11) is 0. The van der Waals surface area contributed by atoms with E-state index in [0.717, 1.165) is 31.3 Å². The first-order valence-electron chi connectivity index (χ1n) is 8.01. The minimum absolute atomic E-state index is 0.282. The van der Waals surface area contributed by atoms with Gasteiger partial charge in [0, 0.05) is 18.6 Å². The van der Waals surface area contributed by atoms with Crippen LogP contribution >= 0.6 is 0 Å². The maximum atomic E-state index is 5.83. The quantitative estimate of drug-likeness (QED) is 0.651. The van der Waals surface area contributed by atoms with Crippen LogP contribution in [0.3, 0.4) is 0 Å². The van der Waals surface area contributed by atoms with Gasteiger partial charge in [0.05, 0.1) is 0 Å². The lowest BCUT2D eigenvalue weighted by Gasteiger charge is -2.23. The van der Waals surface area contributed by atoms with Crippen LogP contribution in [0.5, 0.6) is 0 Å². The van der Waals surface area contributed by atoms with Crippen LogP contribution in [0.4, 0.5) is 17.8 Å². The Morgan fingerprint density at radius 2 is 1.86 bits per heavy atom. The maximum absolute atomic E-state index is 5.83. The summed E-state index contributed by atoms with van der Waals surface area (Å²) in [5.41, 5.74) is 5.83. The van der Waals surface area contributed by atoms with Crippen LogP contribution < -0.4 is 21.7 Å². The first kappa shape index (κ1) is 13.1.